The van der Waals surface area contributed by atoms with Gasteiger partial charge in [0, 0.05) is 0 Å². The van der Waals surface area contributed by atoms with Crippen LogP contribution in [0.5, 0.6) is 0 Å². The van der Waals surface area contributed by atoms with Crippen LogP contribution in [0.3, 0.4) is 0 Å². The number of hydrogen-bond donors (Lipinski definition) is 1. The standard InChI is InChI=1S/C14H20N4/c1-10-6-5-7-11(2)12(10)8-18-9-13(16-17-18)14(3,4)15/h5-7,9H,8,15H2,1-4H3. The van der Waals surface area contributed by atoms with E-state index >= 15 is 0 Å². The molecule has 0 aliphatic heterocycles. The number of nitrogens with zero attached hydrogens (tertiary/aromatic N) is 3. The molecule has 4 nitrogen and oxygen atoms in total. The molecule has 0 saturated carbocycles. The van der Waals surface area contributed by atoms with Gasteiger partial charge in [-0.2, -0.15) is 0 Å². The van der Waals surface area contributed by atoms with E-state index in [2.05, 4.69) is 42.4 Å². The summed E-state index contributed by atoms with van der Waals surface area (Å²) in [6.45, 7) is 8.84. The second kappa shape index (κ2) is 4.53. The lowest BCUT2D eigenvalue weighted by Gasteiger charge is -2.13. The Kier molecular flexibility index (Phi) is 3.22. The summed E-state index contributed by atoms with van der Waals surface area (Å²) in [5, 5.41) is 8.28. The lowest BCUT2D eigenvalue weighted by Crippen LogP contribution is -2.29. The summed E-state index contributed by atoms with van der Waals surface area (Å²) in [6, 6.07) is 6.31. The van der Waals surface area contributed by atoms with E-state index < -0.39 is 5.54 Å². The predicted molar refractivity (Wildman–Crippen MR) is 72.3 cm³/mol. The predicted octanol–water partition coefficient (Wildman–Crippen LogP) is 2.14. The van der Waals surface area contributed by atoms with Gasteiger partial charge in [0.05, 0.1) is 18.3 Å². The van der Waals surface area contributed by atoms with E-state index in [0.29, 0.717) is 0 Å². The Balaban J connectivity index is 2.27. The van der Waals surface area contributed by atoms with E-state index in [1.165, 1.54) is 16.7 Å². The van der Waals surface area contributed by atoms with Crippen LogP contribution < -0.4 is 5.73 Å². The van der Waals surface area contributed by atoms with Gasteiger partial charge in [-0.05, 0) is 44.4 Å². The molecule has 18 heavy (non-hydrogen) atoms. The van der Waals surface area contributed by atoms with Crippen LogP contribution >= 0.6 is 0 Å². The van der Waals surface area contributed by atoms with Gasteiger partial charge in [-0.15, -0.1) is 5.10 Å². The SMILES string of the molecule is Cc1cccc(C)c1Cn1cc(C(C)(C)N)nn1. The topological polar surface area (TPSA) is 56.7 Å². The highest BCUT2D eigenvalue weighted by Gasteiger charge is 2.18. The maximum atomic E-state index is 6.01. The lowest BCUT2D eigenvalue weighted by molar-refractivity contribution is 0.533. The molecule has 0 atom stereocenters. The van der Waals surface area contributed by atoms with Gasteiger partial charge in [0.1, 0.15) is 5.69 Å². The van der Waals surface area contributed by atoms with E-state index in [9.17, 15) is 0 Å². The molecule has 0 aliphatic carbocycles. The molecule has 96 valence electrons. The number of rotatable bonds is 3. The van der Waals surface area contributed by atoms with E-state index in [4.69, 9.17) is 5.73 Å². The van der Waals surface area contributed by atoms with Gasteiger partial charge in [-0.25, -0.2) is 4.68 Å². The van der Waals surface area contributed by atoms with Crippen LogP contribution in [0.15, 0.2) is 24.4 Å². The average Bonchev–Trinajstić information content (AvgIpc) is 2.72. The summed E-state index contributed by atoms with van der Waals surface area (Å²) in [6.07, 6.45) is 1.92. The highest BCUT2D eigenvalue weighted by atomic mass is 15.4. The minimum Gasteiger partial charge on any atom is -0.320 e. The van der Waals surface area contributed by atoms with Crippen LogP contribution in [-0.2, 0) is 12.1 Å². The fourth-order valence-electron chi connectivity index (χ4n) is 1.93. The van der Waals surface area contributed by atoms with Gasteiger partial charge in [-0.3, -0.25) is 0 Å². The first-order valence-electron chi connectivity index (χ1n) is 6.12. The summed E-state index contributed by atoms with van der Waals surface area (Å²) in [4.78, 5) is 0. The highest BCUT2D eigenvalue weighted by Crippen LogP contribution is 2.16. The fourth-order valence-corrected chi connectivity index (χ4v) is 1.93. The third-order valence-electron chi connectivity index (χ3n) is 3.16. The summed E-state index contributed by atoms with van der Waals surface area (Å²) >= 11 is 0. The third-order valence-corrected chi connectivity index (χ3v) is 3.16. The van der Waals surface area contributed by atoms with Crippen molar-refractivity contribution in [1.29, 1.82) is 0 Å². The van der Waals surface area contributed by atoms with Crippen LogP contribution in [0.1, 0.15) is 36.2 Å². The van der Waals surface area contributed by atoms with Crippen LogP contribution in [-0.4, -0.2) is 15.0 Å². The number of hydrogen-bond acceptors (Lipinski definition) is 3. The molecule has 0 bridgehead atoms. The summed E-state index contributed by atoms with van der Waals surface area (Å²) < 4.78 is 1.85. The van der Waals surface area contributed by atoms with E-state index in [0.717, 1.165) is 12.2 Å². The maximum absolute atomic E-state index is 6.01. The Bertz CT molecular complexity index is 529. The van der Waals surface area contributed by atoms with Crippen LogP contribution in [0, 0.1) is 13.8 Å². The first-order valence-corrected chi connectivity index (χ1v) is 6.12. The third kappa shape index (κ3) is 2.59. The first-order chi connectivity index (χ1) is 8.38. The van der Waals surface area contributed by atoms with Gasteiger partial charge >= 0.3 is 0 Å². The van der Waals surface area contributed by atoms with Crippen LogP contribution in [0.25, 0.3) is 0 Å². The van der Waals surface area contributed by atoms with Gasteiger partial charge in [0.25, 0.3) is 0 Å². The van der Waals surface area contributed by atoms with Crippen molar-refractivity contribution in [2.75, 3.05) is 0 Å². The van der Waals surface area contributed by atoms with Gasteiger partial charge in [0.2, 0.25) is 0 Å². The number of benzene rings is 1. The minimum atomic E-state index is -0.445. The number of nitrogens with two attached hydrogens (primary N) is 1. The number of aromatic nitrogens is 3. The van der Waals surface area contributed by atoms with E-state index in [1.54, 1.807) is 0 Å². The Morgan fingerprint density at radius 1 is 1.22 bits per heavy atom. The van der Waals surface area contributed by atoms with Crippen molar-refractivity contribution in [3.05, 3.63) is 46.8 Å². The smallest absolute Gasteiger partial charge is 0.102 e. The van der Waals surface area contributed by atoms with Crippen molar-refractivity contribution in [3.63, 3.8) is 0 Å². The molecule has 0 amide bonds. The Morgan fingerprint density at radius 3 is 2.33 bits per heavy atom. The molecule has 1 heterocycles. The lowest BCUT2D eigenvalue weighted by atomic mass is 10.0. The zero-order valence-corrected chi connectivity index (χ0v) is 11.4. The molecule has 4 heteroatoms. The fraction of sp³-hybridized carbons (Fsp3) is 0.429. The average molecular weight is 244 g/mol. The molecule has 0 saturated heterocycles. The summed E-state index contributed by atoms with van der Waals surface area (Å²) in [5.74, 6) is 0. The second-order valence-electron chi connectivity index (χ2n) is 5.39. The van der Waals surface area contributed by atoms with Crippen molar-refractivity contribution < 1.29 is 0 Å². The molecular formula is C14H20N4. The van der Waals surface area contributed by atoms with Crippen molar-refractivity contribution in [2.45, 2.75) is 39.8 Å². The first kappa shape index (κ1) is 12.8. The largest absolute Gasteiger partial charge is 0.320 e. The zero-order chi connectivity index (χ0) is 13.3. The Hall–Kier alpha value is -1.68. The zero-order valence-electron chi connectivity index (χ0n) is 11.4. The maximum Gasteiger partial charge on any atom is 0.102 e. The summed E-state index contributed by atoms with van der Waals surface area (Å²) in [5.41, 5.74) is 10.2. The molecule has 0 radical (unpaired) electrons. The normalized spacial score (nSPS) is 11.8. The molecule has 0 aliphatic rings. The molecular weight excluding hydrogens is 224 g/mol. The molecule has 2 rings (SSSR count). The molecule has 1 aromatic heterocycles. The quantitative estimate of drug-likeness (QED) is 0.900. The Morgan fingerprint density at radius 2 is 1.83 bits per heavy atom. The molecule has 2 aromatic rings. The van der Waals surface area contributed by atoms with Crippen molar-refractivity contribution >= 4 is 0 Å². The van der Waals surface area contributed by atoms with Gasteiger partial charge in [0.15, 0.2) is 0 Å². The number of aryl methyl sites for hydroxylation is 2. The molecule has 2 N–H and O–H groups in total. The van der Waals surface area contributed by atoms with Gasteiger partial charge in [-0.1, -0.05) is 23.4 Å². The van der Waals surface area contributed by atoms with Crippen LogP contribution in [0.4, 0.5) is 0 Å². The minimum absolute atomic E-state index is 0.445. The monoisotopic (exact) mass is 244 g/mol. The highest BCUT2D eigenvalue weighted by molar-refractivity contribution is 5.33. The molecule has 0 spiro atoms. The molecule has 0 unspecified atom stereocenters. The van der Waals surface area contributed by atoms with Crippen molar-refractivity contribution in [3.8, 4) is 0 Å². The molecule has 0 fully saturated rings. The van der Waals surface area contributed by atoms with Gasteiger partial charge < -0.3 is 5.73 Å². The molecule has 1 aromatic carbocycles. The summed E-state index contributed by atoms with van der Waals surface area (Å²) in [7, 11) is 0. The van der Waals surface area contributed by atoms with Crippen LogP contribution in [0.2, 0.25) is 0 Å². The second-order valence-corrected chi connectivity index (χ2v) is 5.39. The van der Waals surface area contributed by atoms with Crippen molar-refractivity contribution in [1.82, 2.24) is 15.0 Å². The van der Waals surface area contributed by atoms with E-state index in [1.807, 2.05) is 24.7 Å². The van der Waals surface area contributed by atoms with Crippen molar-refractivity contribution in [2.24, 2.45) is 5.73 Å². The van der Waals surface area contributed by atoms with E-state index in [-0.39, 0.29) is 0 Å². The Labute approximate surface area is 108 Å².